The maximum Gasteiger partial charge on any atom is 0.191 e. The van der Waals surface area contributed by atoms with E-state index in [9.17, 15) is 0 Å². The zero-order valence-electron chi connectivity index (χ0n) is 19.6. The van der Waals surface area contributed by atoms with Crippen molar-refractivity contribution in [3.05, 3.63) is 29.8 Å². The summed E-state index contributed by atoms with van der Waals surface area (Å²) in [4.78, 5) is 9.44. The number of benzene rings is 1. The Morgan fingerprint density at radius 3 is 2.74 bits per heavy atom. The summed E-state index contributed by atoms with van der Waals surface area (Å²) in [6.07, 6.45) is 1.05. The Kier molecular flexibility index (Phi) is 13.0. The van der Waals surface area contributed by atoms with E-state index < -0.39 is 0 Å². The van der Waals surface area contributed by atoms with Crippen molar-refractivity contribution < 1.29 is 14.2 Å². The molecule has 0 aliphatic carbocycles. The van der Waals surface area contributed by atoms with Crippen molar-refractivity contribution in [2.75, 3.05) is 86.4 Å². The van der Waals surface area contributed by atoms with E-state index in [0.29, 0.717) is 13.2 Å². The molecular weight excluding hydrogens is 394 g/mol. The Balaban J connectivity index is 1.79. The Bertz CT molecular complexity index is 623. The van der Waals surface area contributed by atoms with Gasteiger partial charge in [0, 0.05) is 65.1 Å². The van der Waals surface area contributed by atoms with Gasteiger partial charge in [0.05, 0.1) is 19.8 Å². The van der Waals surface area contributed by atoms with Crippen LogP contribution in [0.1, 0.15) is 18.9 Å². The number of rotatable bonds is 14. The van der Waals surface area contributed by atoms with E-state index in [1.54, 1.807) is 7.11 Å². The molecule has 1 aliphatic heterocycles. The summed E-state index contributed by atoms with van der Waals surface area (Å²) in [5.41, 5.74) is 1.10. The number of guanidine groups is 1. The predicted octanol–water partition coefficient (Wildman–Crippen LogP) is 1.42. The van der Waals surface area contributed by atoms with Gasteiger partial charge in [0.2, 0.25) is 0 Å². The Labute approximate surface area is 187 Å². The first-order valence-electron chi connectivity index (χ1n) is 11.4. The standard InChI is InChI=1S/C23H41N5O3/c1-4-24-23(25-10-12-27(2)11-7-16-29-3)26-20-21-8-5-6-9-22(21)31-19-15-28-13-17-30-18-14-28/h5-6,8-9H,4,7,10-20H2,1-3H3,(H2,24,25,26). The van der Waals surface area contributed by atoms with Gasteiger partial charge in [-0.1, -0.05) is 18.2 Å². The topological polar surface area (TPSA) is 70.6 Å². The van der Waals surface area contributed by atoms with Gasteiger partial charge in [-0.25, -0.2) is 4.99 Å². The Hall–Kier alpha value is -1.87. The summed E-state index contributed by atoms with van der Waals surface area (Å²) in [6, 6.07) is 8.16. The van der Waals surface area contributed by atoms with Crippen molar-refractivity contribution in [3.8, 4) is 5.75 Å². The lowest BCUT2D eigenvalue weighted by Crippen LogP contribution is -2.41. The minimum Gasteiger partial charge on any atom is -0.492 e. The average Bonchev–Trinajstić information content (AvgIpc) is 2.79. The number of aliphatic imine (C=N–C) groups is 1. The van der Waals surface area contributed by atoms with E-state index in [1.807, 2.05) is 18.2 Å². The highest BCUT2D eigenvalue weighted by Crippen LogP contribution is 2.19. The van der Waals surface area contributed by atoms with Crippen LogP contribution >= 0.6 is 0 Å². The van der Waals surface area contributed by atoms with E-state index in [1.165, 1.54) is 0 Å². The zero-order chi connectivity index (χ0) is 22.2. The Morgan fingerprint density at radius 2 is 1.97 bits per heavy atom. The van der Waals surface area contributed by atoms with Gasteiger partial charge in [0.1, 0.15) is 12.4 Å². The lowest BCUT2D eigenvalue weighted by molar-refractivity contribution is 0.0322. The second-order valence-corrected chi connectivity index (χ2v) is 7.68. The molecule has 0 aromatic heterocycles. The number of para-hydroxylation sites is 1. The number of hydrogen-bond donors (Lipinski definition) is 2. The molecule has 31 heavy (non-hydrogen) atoms. The molecule has 1 aromatic rings. The third-order valence-electron chi connectivity index (χ3n) is 5.17. The second kappa shape index (κ2) is 15.9. The minimum atomic E-state index is 0.576. The van der Waals surface area contributed by atoms with Gasteiger partial charge in [-0.15, -0.1) is 0 Å². The van der Waals surface area contributed by atoms with Crippen molar-refractivity contribution >= 4 is 5.96 Å². The molecule has 0 radical (unpaired) electrons. The van der Waals surface area contributed by atoms with E-state index in [-0.39, 0.29) is 0 Å². The molecule has 0 bridgehead atoms. The summed E-state index contributed by atoms with van der Waals surface area (Å²) < 4.78 is 16.6. The van der Waals surface area contributed by atoms with Crippen LogP contribution < -0.4 is 15.4 Å². The molecule has 1 heterocycles. The molecule has 0 amide bonds. The highest BCUT2D eigenvalue weighted by molar-refractivity contribution is 5.79. The van der Waals surface area contributed by atoms with Gasteiger partial charge in [0.15, 0.2) is 5.96 Å². The molecule has 1 aromatic carbocycles. The first-order chi connectivity index (χ1) is 15.2. The van der Waals surface area contributed by atoms with Gasteiger partial charge in [-0.05, 0) is 26.5 Å². The van der Waals surface area contributed by atoms with Crippen LogP contribution in [0.2, 0.25) is 0 Å². The van der Waals surface area contributed by atoms with Crippen molar-refractivity contribution in [2.45, 2.75) is 19.9 Å². The number of nitrogens with one attached hydrogen (secondary N) is 2. The lowest BCUT2D eigenvalue weighted by Gasteiger charge is -2.26. The third kappa shape index (κ3) is 10.8. The fourth-order valence-corrected chi connectivity index (χ4v) is 3.35. The SMILES string of the molecule is CCNC(=NCc1ccccc1OCCN1CCOCC1)NCCN(C)CCCOC. The molecule has 0 spiro atoms. The minimum absolute atomic E-state index is 0.576. The van der Waals surface area contributed by atoms with Crippen LogP contribution in [0.4, 0.5) is 0 Å². The van der Waals surface area contributed by atoms with Crippen LogP contribution in [0.3, 0.4) is 0 Å². The van der Waals surface area contributed by atoms with Crippen molar-refractivity contribution in [1.29, 1.82) is 0 Å². The monoisotopic (exact) mass is 435 g/mol. The summed E-state index contributed by atoms with van der Waals surface area (Å²) in [5, 5.41) is 6.75. The number of ether oxygens (including phenoxy) is 3. The normalized spacial score (nSPS) is 15.3. The highest BCUT2D eigenvalue weighted by atomic mass is 16.5. The van der Waals surface area contributed by atoms with Gasteiger partial charge in [-0.2, -0.15) is 0 Å². The molecule has 2 rings (SSSR count). The maximum atomic E-state index is 6.08. The van der Waals surface area contributed by atoms with Crippen molar-refractivity contribution in [3.63, 3.8) is 0 Å². The fourth-order valence-electron chi connectivity index (χ4n) is 3.35. The van der Waals surface area contributed by atoms with Gasteiger partial charge >= 0.3 is 0 Å². The molecule has 1 aliphatic rings. The van der Waals surface area contributed by atoms with Crippen LogP contribution in [0.5, 0.6) is 5.75 Å². The molecule has 0 saturated carbocycles. The quantitative estimate of drug-likeness (QED) is 0.260. The number of methoxy groups -OCH3 is 1. The molecule has 0 atom stereocenters. The van der Waals surface area contributed by atoms with Crippen LogP contribution in [0.15, 0.2) is 29.3 Å². The maximum absolute atomic E-state index is 6.08. The number of likely N-dealkylation sites (N-methyl/N-ethyl adjacent to an activating group) is 1. The molecule has 8 nitrogen and oxygen atoms in total. The van der Waals surface area contributed by atoms with Gasteiger partial charge < -0.3 is 29.7 Å². The summed E-state index contributed by atoms with van der Waals surface area (Å²) in [6.45, 7) is 12.3. The highest BCUT2D eigenvalue weighted by Gasteiger charge is 2.10. The third-order valence-corrected chi connectivity index (χ3v) is 5.17. The number of morpholine rings is 1. The zero-order valence-corrected chi connectivity index (χ0v) is 19.6. The summed E-state index contributed by atoms with van der Waals surface area (Å²) in [5.74, 6) is 1.74. The second-order valence-electron chi connectivity index (χ2n) is 7.68. The van der Waals surface area contributed by atoms with E-state index in [4.69, 9.17) is 19.2 Å². The van der Waals surface area contributed by atoms with Crippen LogP contribution in [0.25, 0.3) is 0 Å². The largest absolute Gasteiger partial charge is 0.492 e. The van der Waals surface area contributed by atoms with E-state index in [2.05, 4.69) is 40.5 Å². The predicted molar refractivity (Wildman–Crippen MR) is 126 cm³/mol. The van der Waals surface area contributed by atoms with Gasteiger partial charge in [0.25, 0.3) is 0 Å². The first-order valence-corrected chi connectivity index (χ1v) is 11.4. The van der Waals surface area contributed by atoms with E-state index in [0.717, 1.165) is 89.3 Å². The average molecular weight is 436 g/mol. The van der Waals surface area contributed by atoms with Crippen molar-refractivity contribution in [2.24, 2.45) is 4.99 Å². The molecule has 0 unspecified atom stereocenters. The van der Waals surface area contributed by atoms with E-state index >= 15 is 0 Å². The summed E-state index contributed by atoms with van der Waals surface area (Å²) in [7, 11) is 3.87. The molecule has 8 heteroatoms. The Morgan fingerprint density at radius 1 is 1.16 bits per heavy atom. The number of hydrogen-bond acceptors (Lipinski definition) is 6. The molecular formula is C23H41N5O3. The smallest absolute Gasteiger partial charge is 0.191 e. The molecule has 1 fully saturated rings. The molecule has 1 saturated heterocycles. The van der Waals surface area contributed by atoms with Crippen LogP contribution in [-0.2, 0) is 16.0 Å². The number of nitrogens with zero attached hydrogens (tertiary/aromatic N) is 3. The fraction of sp³-hybridized carbons (Fsp3) is 0.696. The summed E-state index contributed by atoms with van der Waals surface area (Å²) >= 11 is 0. The van der Waals surface area contributed by atoms with Crippen molar-refractivity contribution in [1.82, 2.24) is 20.4 Å². The lowest BCUT2D eigenvalue weighted by atomic mass is 10.2. The molecule has 2 N–H and O–H groups in total. The first kappa shape index (κ1) is 25.4. The molecule has 176 valence electrons. The van der Waals surface area contributed by atoms with Crippen LogP contribution in [-0.4, -0.2) is 102 Å². The van der Waals surface area contributed by atoms with Gasteiger partial charge in [-0.3, -0.25) is 4.90 Å². The van der Waals surface area contributed by atoms with Crippen LogP contribution in [0, 0.1) is 0 Å².